The van der Waals surface area contributed by atoms with E-state index >= 15 is 0 Å². The summed E-state index contributed by atoms with van der Waals surface area (Å²) in [4.78, 5) is 13.8. The Morgan fingerprint density at radius 3 is 2.63 bits per heavy atom. The first-order chi connectivity index (χ1) is 8.97. The Hall–Kier alpha value is -0.550. The lowest BCUT2D eigenvalue weighted by molar-refractivity contribution is 0.0785. The number of hydrogen-bond donors (Lipinski definition) is 0. The van der Waals surface area contributed by atoms with Gasteiger partial charge in [-0.1, -0.05) is 29.3 Å². The molecule has 1 heterocycles. The molecule has 0 saturated carbocycles. The van der Waals surface area contributed by atoms with Crippen molar-refractivity contribution in [3.8, 4) is 0 Å². The Morgan fingerprint density at radius 2 is 2.05 bits per heavy atom. The molecule has 2 aromatic rings. The van der Waals surface area contributed by atoms with Gasteiger partial charge in [0.05, 0.1) is 19.4 Å². The largest absolute Gasteiger partial charge is 0.337 e. The highest BCUT2D eigenvalue weighted by Gasteiger charge is 2.14. The van der Waals surface area contributed by atoms with E-state index in [2.05, 4.69) is 15.9 Å². The minimum absolute atomic E-state index is 0.0203. The Morgan fingerprint density at radius 1 is 1.32 bits per heavy atom. The van der Waals surface area contributed by atoms with Crippen LogP contribution in [-0.4, -0.2) is 17.9 Å². The number of carbonyl (C=O) groups is 1. The predicted molar refractivity (Wildman–Crippen MR) is 84.3 cm³/mol. The van der Waals surface area contributed by atoms with E-state index in [1.807, 2.05) is 17.5 Å². The van der Waals surface area contributed by atoms with Gasteiger partial charge in [0.2, 0.25) is 0 Å². The highest BCUT2D eigenvalue weighted by atomic mass is 79.9. The van der Waals surface area contributed by atoms with Crippen molar-refractivity contribution in [1.82, 2.24) is 4.90 Å². The standard InChI is InChI=1S/C13H10BrCl2NOS/c1-17(13(18)9-5-12(14)19-7-9)6-8-2-3-10(15)11(16)4-8/h2-5,7H,6H2,1H3. The maximum absolute atomic E-state index is 12.2. The minimum Gasteiger partial charge on any atom is -0.337 e. The summed E-state index contributed by atoms with van der Waals surface area (Å²) >= 11 is 16.7. The average Bonchev–Trinajstić information content (AvgIpc) is 2.79. The SMILES string of the molecule is CN(Cc1ccc(Cl)c(Cl)c1)C(=O)c1csc(Br)c1. The molecule has 0 fully saturated rings. The van der Waals surface area contributed by atoms with E-state index < -0.39 is 0 Å². The molecule has 0 spiro atoms. The van der Waals surface area contributed by atoms with Crippen LogP contribution < -0.4 is 0 Å². The summed E-state index contributed by atoms with van der Waals surface area (Å²) in [5.74, 6) is -0.0203. The summed E-state index contributed by atoms with van der Waals surface area (Å²) in [5.41, 5.74) is 1.62. The molecule has 0 radical (unpaired) electrons. The lowest BCUT2D eigenvalue weighted by Gasteiger charge is -2.16. The van der Waals surface area contributed by atoms with E-state index in [9.17, 15) is 4.79 Å². The van der Waals surface area contributed by atoms with E-state index in [0.29, 0.717) is 22.2 Å². The third-order valence-electron chi connectivity index (χ3n) is 2.56. The van der Waals surface area contributed by atoms with E-state index in [0.717, 1.165) is 9.35 Å². The van der Waals surface area contributed by atoms with E-state index in [1.54, 1.807) is 24.1 Å². The topological polar surface area (TPSA) is 20.3 Å². The molecule has 0 atom stereocenters. The number of carbonyl (C=O) groups excluding carboxylic acids is 1. The van der Waals surface area contributed by atoms with Crippen LogP contribution in [0.25, 0.3) is 0 Å². The molecule has 2 rings (SSSR count). The van der Waals surface area contributed by atoms with Crippen LogP contribution in [0.3, 0.4) is 0 Å². The van der Waals surface area contributed by atoms with Crippen LogP contribution in [0.1, 0.15) is 15.9 Å². The summed E-state index contributed by atoms with van der Waals surface area (Å²) in [6.07, 6.45) is 0. The number of nitrogens with zero attached hydrogens (tertiary/aromatic N) is 1. The second kappa shape index (κ2) is 6.27. The number of rotatable bonds is 3. The molecule has 0 aliphatic rings. The van der Waals surface area contributed by atoms with Crippen molar-refractivity contribution in [2.75, 3.05) is 7.05 Å². The van der Waals surface area contributed by atoms with E-state index in [-0.39, 0.29) is 5.91 Å². The van der Waals surface area contributed by atoms with Gasteiger partial charge in [-0.15, -0.1) is 11.3 Å². The van der Waals surface area contributed by atoms with Crippen LogP contribution in [0.15, 0.2) is 33.4 Å². The lowest BCUT2D eigenvalue weighted by atomic mass is 10.2. The van der Waals surface area contributed by atoms with Gasteiger partial charge < -0.3 is 4.90 Å². The van der Waals surface area contributed by atoms with Gasteiger partial charge in [0.25, 0.3) is 5.91 Å². The van der Waals surface area contributed by atoms with Crippen LogP contribution in [0.4, 0.5) is 0 Å². The third-order valence-corrected chi connectivity index (χ3v) is 4.81. The highest BCUT2D eigenvalue weighted by Crippen LogP contribution is 2.24. The molecule has 100 valence electrons. The summed E-state index contributed by atoms with van der Waals surface area (Å²) in [7, 11) is 1.76. The van der Waals surface area contributed by atoms with Crippen LogP contribution in [0.5, 0.6) is 0 Å². The summed E-state index contributed by atoms with van der Waals surface area (Å²) in [6.45, 7) is 0.489. The predicted octanol–water partition coefficient (Wildman–Crippen LogP) is 5.09. The lowest BCUT2D eigenvalue weighted by Crippen LogP contribution is -2.25. The molecule has 1 aromatic heterocycles. The van der Waals surface area contributed by atoms with Crippen molar-refractivity contribution in [3.05, 3.63) is 54.6 Å². The second-order valence-electron chi connectivity index (χ2n) is 4.05. The van der Waals surface area contributed by atoms with Gasteiger partial charge in [-0.05, 0) is 39.7 Å². The minimum atomic E-state index is -0.0203. The van der Waals surface area contributed by atoms with E-state index in [1.165, 1.54) is 11.3 Å². The quantitative estimate of drug-likeness (QED) is 0.728. The fourth-order valence-corrected chi connectivity index (χ4v) is 3.08. The molecule has 0 aliphatic carbocycles. The van der Waals surface area contributed by atoms with Crippen molar-refractivity contribution >= 4 is 56.4 Å². The Kier molecular flexibility index (Phi) is 4.90. The summed E-state index contributed by atoms with van der Waals surface area (Å²) < 4.78 is 0.943. The molecule has 0 aliphatic heterocycles. The zero-order chi connectivity index (χ0) is 14.0. The molecule has 0 saturated heterocycles. The van der Waals surface area contributed by atoms with Crippen LogP contribution in [0.2, 0.25) is 10.0 Å². The van der Waals surface area contributed by atoms with Gasteiger partial charge in [0, 0.05) is 19.0 Å². The maximum Gasteiger partial charge on any atom is 0.254 e. The van der Waals surface area contributed by atoms with Gasteiger partial charge in [-0.3, -0.25) is 4.79 Å². The second-order valence-corrected chi connectivity index (χ2v) is 7.15. The summed E-state index contributed by atoms with van der Waals surface area (Å²) in [6, 6.07) is 7.19. The van der Waals surface area contributed by atoms with Crippen molar-refractivity contribution < 1.29 is 4.79 Å². The van der Waals surface area contributed by atoms with Crippen LogP contribution in [0, 0.1) is 0 Å². The van der Waals surface area contributed by atoms with Crippen LogP contribution in [-0.2, 0) is 6.54 Å². The molecular weight excluding hydrogens is 369 g/mol. The zero-order valence-corrected chi connectivity index (χ0v) is 13.9. The fraction of sp³-hybridized carbons (Fsp3) is 0.154. The summed E-state index contributed by atoms with van der Waals surface area (Å²) in [5, 5.41) is 2.84. The Balaban J connectivity index is 2.10. The molecule has 6 heteroatoms. The molecule has 2 nitrogen and oxygen atoms in total. The molecule has 0 bridgehead atoms. The Bertz CT molecular complexity index is 614. The van der Waals surface area contributed by atoms with Crippen LogP contribution >= 0.6 is 50.5 Å². The number of halogens is 3. The molecular formula is C13H10BrCl2NOS. The van der Waals surface area contributed by atoms with Crippen molar-refractivity contribution in [2.24, 2.45) is 0 Å². The van der Waals surface area contributed by atoms with Crippen molar-refractivity contribution in [1.29, 1.82) is 0 Å². The van der Waals surface area contributed by atoms with Crippen molar-refractivity contribution in [2.45, 2.75) is 6.54 Å². The molecule has 1 amide bonds. The first-order valence-corrected chi connectivity index (χ1v) is 7.83. The maximum atomic E-state index is 12.2. The molecule has 0 unspecified atom stereocenters. The third kappa shape index (κ3) is 3.72. The first-order valence-electron chi connectivity index (χ1n) is 5.41. The molecule has 1 aromatic carbocycles. The molecule has 0 N–H and O–H groups in total. The molecule has 19 heavy (non-hydrogen) atoms. The smallest absolute Gasteiger partial charge is 0.254 e. The fourth-order valence-electron chi connectivity index (χ4n) is 1.63. The zero-order valence-electron chi connectivity index (χ0n) is 9.99. The monoisotopic (exact) mass is 377 g/mol. The number of hydrogen-bond acceptors (Lipinski definition) is 2. The van der Waals surface area contributed by atoms with Gasteiger partial charge in [0.15, 0.2) is 0 Å². The normalized spacial score (nSPS) is 10.5. The van der Waals surface area contributed by atoms with Gasteiger partial charge >= 0.3 is 0 Å². The number of thiophene rings is 1. The highest BCUT2D eigenvalue weighted by molar-refractivity contribution is 9.11. The number of benzene rings is 1. The Labute approximate surface area is 134 Å². The van der Waals surface area contributed by atoms with E-state index in [4.69, 9.17) is 23.2 Å². The van der Waals surface area contributed by atoms with Crippen molar-refractivity contribution in [3.63, 3.8) is 0 Å². The first kappa shape index (κ1) is 14.9. The average molecular weight is 379 g/mol. The van der Waals surface area contributed by atoms with Gasteiger partial charge in [-0.25, -0.2) is 0 Å². The van der Waals surface area contributed by atoms with Gasteiger partial charge in [0.1, 0.15) is 0 Å². The number of amides is 1. The van der Waals surface area contributed by atoms with Gasteiger partial charge in [-0.2, -0.15) is 0 Å².